The highest BCUT2D eigenvalue weighted by Crippen LogP contribution is 2.32. The van der Waals surface area contributed by atoms with Crippen molar-refractivity contribution in [1.29, 1.82) is 0 Å². The summed E-state index contributed by atoms with van der Waals surface area (Å²) < 4.78 is 36.1. The van der Waals surface area contributed by atoms with Gasteiger partial charge in [0.15, 0.2) is 11.5 Å². The van der Waals surface area contributed by atoms with Gasteiger partial charge in [-0.2, -0.15) is 0 Å². The van der Waals surface area contributed by atoms with Crippen LogP contribution in [0.25, 0.3) is 0 Å². The van der Waals surface area contributed by atoms with E-state index in [1.807, 2.05) is 31.2 Å². The summed E-state index contributed by atoms with van der Waals surface area (Å²) in [5.41, 5.74) is 2.44. The second kappa shape index (κ2) is 8.97. The number of anilines is 1. The van der Waals surface area contributed by atoms with Gasteiger partial charge in [0, 0.05) is 19.7 Å². The maximum absolute atomic E-state index is 12.7. The molecule has 28 heavy (non-hydrogen) atoms. The summed E-state index contributed by atoms with van der Waals surface area (Å²) in [4.78, 5) is 14.2. The van der Waals surface area contributed by atoms with Crippen LogP contribution in [0.3, 0.4) is 0 Å². The highest BCUT2D eigenvalue weighted by molar-refractivity contribution is 7.92. The predicted molar refractivity (Wildman–Crippen MR) is 109 cm³/mol. The van der Waals surface area contributed by atoms with E-state index >= 15 is 0 Å². The number of hydrogen-bond acceptors (Lipinski definition) is 5. The Morgan fingerprint density at radius 2 is 1.61 bits per heavy atom. The van der Waals surface area contributed by atoms with Crippen molar-refractivity contribution in [2.45, 2.75) is 13.5 Å². The predicted octanol–water partition coefficient (Wildman–Crippen LogP) is 2.44. The van der Waals surface area contributed by atoms with E-state index in [9.17, 15) is 13.2 Å². The fourth-order valence-corrected chi connectivity index (χ4v) is 3.52. The first-order valence-corrected chi connectivity index (χ1v) is 10.5. The zero-order valence-corrected chi connectivity index (χ0v) is 17.6. The topological polar surface area (TPSA) is 76.2 Å². The van der Waals surface area contributed by atoms with Crippen LogP contribution >= 0.6 is 0 Å². The average molecular weight is 407 g/mol. The molecule has 0 bridgehead atoms. The fourth-order valence-electron chi connectivity index (χ4n) is 2.68. The molecule has 0 aliphatic rings. The summed E-state index contributed by atoms with van der Waals surface area (Å²) in [5.74, 6) is 0.539. The minimum Gasteiger partial charge on any atom is -0.493 e. The van der Waals surface area contributed by atoms with Crippen LogP contribution in [0.1, 0.15) is 11.1 Å². The van der Waals surface area contributed by atoms with E-state index in [-0.39, 0.29) is 12.5 Å². The van der Waals surface area contributed by atoms with Gasteiger partial charge in [0.1, 0.15) is 6.54 Å². The van der Waals surface area contributed by atoms with Crippen molar-refractivity contribution < 1.29 is 22.7 Å². The lowest BCUT2D eigenvalue weighted by Crippen LogP contribution is -2.41. The van der Waals surface area contributed by atoms with Gasteiger partial charge in [0.25, 0.3) is 0 Å². The number of nitrogens with zero attached hydrogens (tertiary/aromatic N) is 2. The minimum atomic E-state index is -3.68. The number of likely N-dealkylation sites (N-methyl/N-ethyl adjacent to an activating group) is 1. The van der Waals surface area contributed by atoms with E-state index in [0.717, 1.165) is 21.7 Å². The maximum Gasteiger partial charge on any atom is 0.243 e. The second-order valence-corrected chi connectivity index (χ2v) is 8.45. The van der Waals surface area contributed by atoms with E-state index in [2.05, 4.69) is 0 Å². The molecule has 0 saturated heterocycles. The average Bonchev–Trinajstić information content (AvgIpc) is 2.66. The van der Waals surface area contributed by atoms with Crippen molar-refractivity contribution in [3.63, 3.8) is 0 Å². The van der Waals surface area contributed by atoms with E-state index in [1.54, 1.807) is 19.2 Å². The Morgan fingerprint density at radius 3 is 2.14 bits per heavy atom. The van der Waals surface area contributed by atoms with Gasteiger partial charge < -0.3 is 14.4 Å². The van der Waals surface area contributed by atoms with Crippen LogP contribution in [0, 0.1) is 6.92 Å². The maximum atomic E-state index is 12.7. The molecule has 0 spiro atoms. The third kappa shape index (κ3) is 5.39. The van der Waals surface area contributed by atoms with Gasteiger partial charge in [0.05, 0.1) is 26.2 Å². The van der Waals surface area contributed by atoms with Crippen LogP contribution in [-0.2, 0) is 21.4 Å². The third-order valence-corrected chi connectivity index (χ3v) is 5.44. The first-order chi connectivity index (χ1) is 13.2. The zero-order valence-electron chi connectivity index (χ0n) is 16.8. The standard InChI is InChI=1S/C20H26N2O5S/c1-15-6-8-16(9-7-15)13-21(2)20(23)14-22(28(5,24)25)17-10-11-18(26-3)19(12-17)27-4/h6-12H,13-14H2,1-5H3. The normalized spacial score (nSPS) is 11.0. The molecule has 1 amide bonds. The number of carbonyl (C=O) groups is 1. The highest BCUT2D eigenvalue weighted by atomic mass is 32.2. The van der Waals surface area contributed by atoms with Gasteiger partial charge in [0.2, 0.25) is 15.9 Å². The van der Waals surface area contributed by atoms with E-state index in [0.29, 0.717) is 23.7 Å². The molecule has 8 heteroatoms. The Bertz CT molecular complexity index is 926. The smallest absolute Gasteiger partial charge is 0.243 e. The van der Waals surface area contributed by atoms with Crippen LogP contribution in [0.15, 0.2) is 42.5 Å². The number of ether oxygens (including phenoxy) is 2. The summed E-state index contributed by atoms with van der Waals surface area (Å²) in [7, 11) is 0.931. The van der Waals surface area contributed by atoms with E-state index < -0.39 is 10.0 Å². The summed E-state index contributed by atoms with van der Waals surface area (Å²) in [5, 5.41) is 0. The van der Waals surface area contributed by atoms with Crippen LogP contribution in [0.5, 0.6) is 11.5 Å². The molecular weight excluding hydrogens is 380 g/mol. The molecule has 2 aromatic rings. The number of carbonyl (C=O) groups excluding carboxylic acids is 1. The molecule has 7 nitrogen and oxygen atoms in total. The second-order valence-electron chi connectivity index (χ2n) is 6.54. The van der Waals surface area contributed by atoms with Crippen molar-refractivity contribution in [2.24, 2.45) is 0 Å². The van der Waals surface area contributed by atoms with Gasteiger partial charge in [-0.1, -0.05) is 29.8 Å². The molecule has 152 valence electrons. The molecule has 0 aliphatic carbocycles. The molecule has 0 N–H and O–H groups in total. The molecule has 2 aromatic carbocycles. The van der Waals surface area contributed by atoms with Crippen molar-refractivity contribution in [3.05, 3.63) is 53.6 Å². The number of sulfonamides is 1. The summed E-state index contributed by atoms with van der Waals surface area (Å²) in [6.07, 6.45) is 1.07. The lowest BCUT2D eigenvalue weighted by Gasteiger charge is -2.26. The molecule has 0 radical (unpaired) electrons. The minimum absolute atomic E-state index is 0.309. The molecule has 0 unspecified atom stereocenters. The molecule has 0 aromatic heterocycles. The van der Waals surface area contributed by atoms with Crippen LogP contribution in [0.2, 0.25) is 0 Å². The molecule has 0 aliphatic heterocycles. The molecular formula is C20H26N2O5S. The van der Waals surface area contributed by atoms with Crippen molar-refractivity contribution in [1.82, 2.24) is 4.90 Å². The number of methoxy groups -OCH3 is 2. The molecule has 0 fully saturated rings. The van der Waals surface area contributed by atoms with Gasteiger partial charge in [-0.3, -0.25) is 9.10 Å². The van der Waals surface area contributed by atoms with Gasteiger partial charge >= 0.3 is 0 Å². The Balaban J connectivity index is 2.22. The first kappa shape index (κ1) is 21.6. The lowest BCUT2D eigenvalue weighted by molar-refractivity contribution is -0.128. The van der Waals surface area contributed by atoms with Gasteiger partial charge in [-0.05, 0) is 24.6 Å². The first-order valence-electron chi connectivity index (χ1n) is 8.65. The van der Waals surface area contributed by atoms with E-state index in [1.165, 1.54) is 25.2 Å². The summed E-state index contributed by atoms with van der Waals surface area (Å²) in [6.45, 7) is 2.07. The monoisotopic (exact) mass is 406 g/mol. The largest absolute Gasteiger partial charge is 0.493 e. The third-order valence-electron chi connectivity index (χ3n) is 4.30. The highest BCUT2D eigenvalue weighted by Gasteiger charge is 2.24. The van der Waals surface area contributed by atoms with Crippen molar-refractivity contribution >= 4 is 21.6 Å². The quantitative estimate of drug-likeness (QED) is 0.673. The number of amides is 1. The number of hydrogen-bond donors (Lipinski definition) is 0. The Morgan fingerprint density at radius 1 is 1.00 bits per heavy atom. The van der Waals surface area contributed by atoms with Crippen molar-refractivity contribution in [3.8, 4) is 11.5 Å². The summed E-state index contributed by atoms with van der Waals surface area (Å²) >= 11 is 0. The Hall–Kier alpha value is -2.74. The van der Waals surface area contributed by atoms with Crippen LogP contribution in [0.4, 0.5) is 5.69 Å². The van der Waals surface area contributed by atoms with Crippen LogP contribution in [-0.4, -0.2) is 53.3 Å². The fraction of sp³-hybridized carbons (Fsp3) is 0.350. The zero-order chi connectivity index (χ0) is 20.9. The van der Waals surface area contributed by atoms with Crippen LogP contribution < -0.4 is 13.8 Å². The Labute approximate surface area is 166 Å². The molecule has 2 rings (SSSR count). The van der Waals surface area contributed by atoms with Gasteiger partial charge in [-0.25, -0.2) is 8.42 Å². The SMILES string of the molecule is COc1ccc(N(CC(=O)N(C)Cc2ccc(C)cc2)S(C)(=O)=O)cc1OC. The number of benzene rings is 2. The van der Waals surface area contributed by atoms with Crippen molar-refractivity contribution in [2.75, 3.05) is 38.4 Å². The number of aryl methyl sites for hydroxylation is 1. The summed E-state index contributed by atoms with van der Waals surface area (Å²) in [6, 6.07) is 12.6. The number of rotatable bonds is 8. The molecule has 0 saturated carbocycles. The molecule has 0 atom stereocenters. The molecule has 0 heterocycles. The lowest BCUT2D eigenvalue weighted by atomic mass is 10.1. The van der Waals surface area contributed by atoms with Gasteiger partial charge in [-0.15, -0.1) is 0 Å². The van der Waals surface area contributed by atoms with E-state index in [4.69, 9.17) is 9.47 Å². The Kier molecular flexibility index (Phi) is 6.90.